The highest BCUT2D eigenvalue weighted by Crippen LogP contribution is 2.14. The molecular formula is C22H28FN3O. The van der Waals surface area contributed by atoms with E-state index >= 15 is 0 Å². The largest absolute Gasteiger partial charge is 0.326 e. The fourth-order valence-corrected chi connectivity index (χ4v) is 3.39. The van der Waals surface area contributed by atoms with Crippen molar-refractivity contribution in [2.45, 2.75) is 26.3 Å². The van der Waals surface area contributed by atoms with Gasteiger partial charge in [-0.25, -0.2) is 4.39 Å². The van der Waals surface area contributed by atoms with Gasteiger partial charge < -0.3 is 10.2 Å². The summed E-state index contributed by atoms with van der Waals surface area (Å²) in [6.45, 7) is 8.74. The second kappa shape index (κ2) is 9.62. The van der Waals surface area contributed by atoms with Gasteiger partial charge in [0.2, 0.25) is 5.91 Å². The number of hydrogen-bond acceptors (Lipinski definition) is 3. The first kappa shape index (κ1) is 19.5. The molecule has 1 heterocycles. The number of nitrogens with zero attached hydrogens (tertiary/aromatic N) is 2. The molecule has 3 rings (SSSR count). The Balaban J connectivity index is 1.44. The lowest BCUT2D eigenvalue weighted by Crippen LogP contribution is -2.45. The van der Waals surface area contributed by atoms with Crippen molar-refractivity contribution in [1.82, 2.24) is 9.80 Å². The molecule has 0 unspecified atom stereocenters. The molecule has 4 nitrogen and oxygen atoms in total. The lowest BCUT2D eigenvalue weighted by Gasteiger charge is -2.34. The van der Waals surface area contributed by atoms with Gasteiger partial charge in [-0.05, 0) is 42.3 Å². The summed E-state index contributed by atoms with van der Waals surface area (Å²) in [6, 6.07) is 14.6. The van der Waals surface area contributed by atoms with Crippen LogP contribution in [-0.4, -0.2) is 48.4 Å². The molecule has 1 aliphatic heterocycles. The predicted octanol–water partition coefficient (Wildman–Crippen LogP) is 3.53. The molecule has 0 aliphatic carbocycles. The van der Waals surface area contributed by atoms with E-state index in [1.807, 2.05) is 12.1 Å². The number of nitrogens with one attached hydrogen (secondary N) is 1. The van der Waals surface area contributed by atoms with Gasteiger partial charge in [-0.15, -0.1) is 0 Å². The minimum atomic E-state index is -0.255. The highest BCUT2D eigenvalue weighted by atomic mass is 19.1. The third-order valence-corrected chi connectivity index (χ3v) is 5.14. The van der Waals surface area contributed by atoms with Crippen LogP contribution in [0.4, 0.5) is 10.1 Å². The second-order valence-corrected chi connectivity index (χ2v) is 7.05. The summed E-state index contributed by atoms with van der Waals surface area (Å²) in [7, 11) is 0. The first-order valence-electron chi connectivity index (χ1n) is 9.71. The van der Waals surface area contributed by atoms with Gasteiger partial charge >= 0.3 is 0 Å². The van der Waals surface area contributed by atoms with Gasteiger partial charge in [0.15, 0.2) is 0 Å². The Morgan fingerprint density at radius 2 is 1.67 bits per heavy atom. The molecule has 1 aliphatic rings. The van der Waals surface area contributed by atoms with Gasteiger partial charge in [-0.1, -0.05) is 37.3 Å². The Bertz CT molecular complexity index is 739. The minimum Gasteiger partial charge on any atom is -0.326 e. The lowest BCUT2D eigenvalue weighted by molar-refractivity contribution is -0.116. The SMILES string of the molecule is CCN1CCN(Cc2ccc(NC(=O)CCc3ccccc3F)cc2)CC1. The Kier molecular flexibility index (Phi) is 6.96. The average Bonchev–Trinajstić information content (AvgIpc) is 2.69. The van der Waals surface area contributed by atoms with Crippen molar-refractivity contribution in [3.8, 4) is 0 Å². The molecule has 0 radical (unpaired) electrons. The van der Waals surface area contributed by atoms with Crippen molar-refractivity contribution in [3.63, 3.8) is 0 Å². The number of carbonyl (C=O) groups is 1. The van der Waals surface area contributed by atoms with Crippen LogP contribution in [-0.2, 0) is 17.8 Å². The highest BCUT2D eigenvalue weighted by molar-refractivity contribution is 5.90. The van der Waals surface area contributed by atoms with Crippen LogP contribution in [0.15, 0.2) is 48.5 Å². The molecule has 5 heteroatoms. The lowest BCUT2D eigenvalue weighted by atomic mass is 10.1. The van der Waals surface area contributed by atoms with Crippen molar-refractivity contribution in [2.24, 2.45) is 0 Å². The molecule has 2 aromatic carbocycles. The molecule has 27 heavy (non-hydrogen) atoms. The van der Waals surface area contributed by atoms with E-state index in [4.69, 9.17) is 0 Å². The van der Waals surface area contributed by atoms with Crippen molar-refractivity contribution in [3.05, 3.63) is 65.5 Å². The second-order valence-electron chi connectivity index (χ2n) is 7.05. The summed E-state index contributed by atoms with van der Waals surface area (Å²) in [5.41, 5.74) is 2.61. The Labute approximate surface area is 161 Å². The Morgan fingerprint density at radius 3 is 2.33 bits per heavy atom. The molecule has 1 fully saturated rings. The first-order chi connectivity index (χ1) is 13.1. The van der Waals surface area contributed by atoms with Crippen LogP contribution in [0, 0.1) is 5.82 Å². The Hall–Kier alpha value is -2.24. The van der Waals surface area contributed by atoms with Gasteiger partial charge in [0.05, 0.1) is 0 Å². The van der Waals surface area contributed by atoms with E-state index < -0.39 is 0 Å². The third-order valence-electron chi connectivity index (χ3n) is 5.14. The fourth-order valence-electron chi connectivity index (χ4n) is 3.39. The molecule has 144 valence electrons. The molecular weight excluding hydrogens is 341 g/mol. The summed E-state index contributed by atoms with van der Waals surface area (Å²) in [5, 5.41) is 2.89. The zero-order chi connectivity index (χ0) is 19.1. The first-order valence-corrected chi connectivity index (χ1v) is 9.71. The number of aryl methyl sites for hydroxylation is 1. The number of anilines is 1. The third kappa shape index (κ3) is 5.88. The van der Waals surface area contributed by atoms with Crippen LogP contribution >= 0.6 is 0 Å². The fraction of sp³-hybridized carbons (Fsp3) is 0.409. The topological polar surface area (TPSA) is 35.6 Å². The van der Waals surface area contributed by atoms with Crippen molar-refractivity contribution >= 4 is 11.6 Å². The van der Waals surface area contributed by atoms with Crippen molar-refractivity contribution in [1.29, 1.82) is 0 Å². The number of likely N-dealkylation sites (N-methyl/N-ethyl adjacent to an activating group) is 1. The number of benzene rings is 2. The summed E-state index contributed by atoms with van der Waals surface area (Å²) in [4.78, 5) is 17.0. The summed E-state index contributed by atoms with van der Waals surface area (Å²) >= 11 is 0. The monoisotopic (exact) mass is 369 g/mol. The molecule has 0 atom stereocenters. The van der Waals surface area contributed by atoms with Crippen LogP contribution in [0.2, 0.25) is 0 Å². The maximum absolute atomic E-state index is 13.6. The number of halogens is 1. The smallest absolute Gasteiger partial charge is 0.224 e. The Morgan fingerprint density at radius 1 is 1.00 bits per heavy atom. The number of hydrogen-bond donors (Lipinski definition) is 1. The molecule has 0 bridgehead atoms. The van der Waals surface area contributed by atoms with E-state index in [1.54, 1.807) is 18.2 Å². The molecule has 1 saturated heterocycles. The van der Waals surface area contributed by atoms with E-state index in [0.717, 1.165) is 45.0 Å². The zero-order valence-electron chi connectivity index (χ0n) is 16.0. The van der Waals surface area contributed by atoms with E-state index in [9.17, 15) is 9.18 Å². The standard InChI is InChI=1S/C22H28FN3O/c1-2-25-13-15-26(16-14-25)17-18-7-10-20(11-8-18)24-22(27)12-9-19-5-3-4-6-21(19)23/h3-8,10-11H,2,9,12-17H2,1H3,(H,24,27). The zero-order valence-corrected chi connectivity index (χ0v) is 16.0. The van der Waals surface area contributed by atoms with Gasteiger partial charge in [0.25, 0.3) is 0 Å². The predicted molar refractivity (Wildman–Crippen MR) is 107 cm³/mol. The number of carbonyl (C=O) groups excluding carboxylic acids is 1. The molecule has 1 amide bonds. The summed E-state index contributed by atoms with van der Waals surface area (Å²) < 4.78 is 13.6. The summed E-state index contributed by atoms with van der Waals surface area (Å²) in [6.07, 6.45) is 0.671. The van der Waals surface area contributed by atoms with Gasteiger partial charge in [0.1, 0.15) is 5.82 Å². The van der Waals surface area contributed by atoms with E-state index in [1.165, 1.54) is 11.6 Å². The average molecular weight is 369 g/mol. The van der Waals surface area contributed by atoms with Gasteiger partial charge in [0, 0.05) is 44.8 Å². The molecule has 0 saturated carbocycles. The van der Waals surface area contributed by atoms with Crippen molar-refractivity contribution < 1.29 is 9.18 Å². The maximum Gasteiger partial charge on any atom is 0.224 e. The van der Waals surface area contributed by atoms with Crippen LogP contribution in [0.5, 0.6) is 0 Å². The van der Waals surface area contributed by atoms with E-state index in [-0.39, 0.29) is 18.1 Å². The van der Waals surface area contributed by atoms with E-state index in [0.29, 0.717) is 12.0 Å². The number of amides is 1. The maximum atomic E-state index is 13.6. The minimum absolute atomic E-state index is 0.0957. The number of piperazine rings is 1. The van der Waals surface area contributed by atoms with Crippen LogP contribution in [0.1, 0.15) is 24.5 Å². The normalized spacial score (nSPS) is 15.6. The molecule has 2 aromatic rings. The quantitative estimate of drug-likeness (QED) is 0.811. The summed E-state index contributed by atoms with van der Waals surface area (Å²) in [5.74, 6) is -0.351. The van der Waals surface area contributed by atoms with E-state index in [2.05, 4.69) is 34.2 Å². The molecule has 0 spiro atoms. The van der Waals surface area contributed by atoms with Crippen LogP contribution in [0.25, 0.3) is 0 Å². The molecule has 1 N–H and O–H groups in total. The van der Waals surface area contributed by atoms with Crippen LogP contribution < -0.4 is 5.32 Å². The van der Waals surface area contributed by atoms with Crippen molar-refractivity contribution in [2.75, 3.05) is 38.0 Å². The van der Waals surface area contributed by atoms with Crippen LogP contribution in [0.3, 0.4) is 0 Å². The van der Waals surface area contributed by atoms with Gasteiger partial charge in [-0.3, -0.25) is 9.69 Å². The highest BCUT2D eigenvalue weighted by Gasteiger charge is 2.15. The number of rotatable bonds is 7. The van der Waals surface area contributed by atoms with Gasteiger partial charge in [-0.2, -0.15) is 0 Å². The molecule has 0 aromatic heterocycles.